The lowest BCUT2D eigenvalue weighted by molar-refractivity contribution is -0.121. The second-order valence-electron chi connectivity index (χ2n) is 5.33. The third-order valence-electron chi connectivity index (χ3n) is 3.72. The molecule has 24 heavy (non-hydrogen) atoms. The summed E-state index contributed by atoms with van der Waals surface area (Å²) in [6.45, 7) is 1.94. The molecule has 1 heterocycles. The van der Waals surface area contributed by atoms with Gasteiger partial charge in [0, 0.05) is 0 Å². The van der Waals surface area contributed by atoms with Gasteiger partial charge in [-0.05, 0) is 36.2 Å². The molecule has 0 aliphatic heterocycles. The number of nitrogens with zero attached hydrogens (tertiary/aromatic N) is 2. The first-order valence-corrected chi connectivity index (χ1v) is 8.52. The molecule has 0 radical (unpaired) electrons. The molecule has 4 nitrogen and oxygen atoms in total. The van der Waals surface area contributed by atoms with Crippen LogP contribution in [0.15, 0.2) is 48.5 Å². The van der Waals surface area contributed by atoms with Crippen molar-refractivity contribution in [3.8, 4) is 11.8 Å². The number of hydrogen-bond donors (Lipinski definition) is 0. The average molecular weight is 336 g/mol. The molecule has 0 saturated heterocycles. The van der Waals surface area contributed by atoms with Crippen LogP contribution < -0.4 is 4.74 Å². The molecule has 1 aromatic heterocycles. The molecular weight excluding hydrogens is 320 g/mol. The van der Waals surface area contributed by atoms with Crippen molar-refractivity contribution < 1.29 is 9.53 Å². The van der Waals surface area contributed by atoms with Crippen LogP contribution in [0.4, 0.5) is 0 Å². The Morgan fingerprint density at radius 1 is 1.25 bits per heavy atom. The highest BCUT2D eigenvalue weighted by atomic mass is 32.1. The van der Waals surface area contributed by atoms with Crippen molar-refractivity contribution in [1.82, 2.24) is 4.98 Å². The zero-order valence-electron chi connectivity index (χ0n) is 13.2. The van der Waals surface area contributed by atoms with Gasteiger partial charge in [0.25, 0.3) is 0 Å². The first kappa shape index (κ1) is 16.2. The summed E-state index contributed by atoms with van der Waals surface area (Å²) in [5.74, 6) is -0.546. The first-order chi connectivity index (χ1) is 11.7. The van der Waals surface area contributed by atoms with E-state index in [2.05, 4.69) is 18.0 Å². The molecule has 0 unspecified atom stereocenters. The number of aryl methyl sites for hydroxylation is 1. The number of benzene rings is 2. The molecule has 0 N–H and O–H groups in total. The van der Waals surface area contributed by atoms with Gasteiger partial charge in [0.1, 0.15) is 17.4 Å². The number of thiazole rings is 1. The second kappa shape index (κ2) is 7.24. The Labute approximate surface area is 144 Å². The third-order valence-corrected chi connectivity index (χ3v) is 4.82. The van der Waals surface area contributed by atoms with Gasteiger partial charge < -0.3 is 4.74 Å². The molecule has 3 aromatic rings. The zero-order valence-corrected chi connectivity index (χ0v) is 14.0. The van der Waals surface area contributed by atoms with Crippen LogP contribution in [0.5, 0.6) is 5.75 Å². The van der Waals surface area contributed by atoms with Gasteiger partial charge in [0.2, 0.25) is 0 Å². The topological polar surface area (TPSA) is 63.0 Å². The fourth-order valence-corrected chi connectivity index (χ4v) is 3.37. The van der Waals surface area contributed by atoms with E-state index in [1.807, 2.05) is 48.5 Å². The summed E-state index contributed by atoms with van der Waals surface area (Å²) in [6, 6.07) is 17.3. The van der Waals surface area contributed by atoms with E-state index < -0.39 is 5.92 Å². The number of fused-ring (bicyclic) bond motifs is 1. The van der Waals surface area contributed by atoms with Crippen molar-refractivity contribution in [2.24, 2.45) is 0 Å². The molecule has 1 atom stereocenters. The fraction of sp³-hybridized carbons (Fsp3) is 0.211. The summed E-state index contributed by atoms with van der Waals surface area (Å²) in [5, 5.41) is 9.90. The summed E-state index contributed by atoms with van der Waals surface area (Å²) in [5.41, 5.74) is 2.01. The smallest absolute Gasteiger partial charge is 0.194 e. The van der Waals surface area contributed by atoms with Crippen LogP contribution in [0, 0.1) is 11.3 Å². The van der Waals surface area contributed by atoms with Crippen molar-refractivity contribution in [1.29, 1.82) is 5.26 Å². The lowest BCUT2D eigenvalue weighted by atomic mass is 10.1. The average Bonchev–Trinajstić information content (AvgIpc) is 3.04. The van der Waals surface area contributed by atoms with E-state index in [0.29, 0.717) is 10.8 Å². The lowest BCUT2D eigenvalue weighted by Gasteiger charge is -2.08. The molecular formula is C19H16N2O2S. The lowest BCUT2D eigenvalue weighted by Crippen LogP contribution is -2.18. The summed E-state index contributed by atoms with van der Waals surface area (Å²) in [6.07, 6.45) is 0.952. The molecule has 2 aromatic carbocycles. The van der Waals surface area contributed by atoms with E-state index in [4.69, 9.17) is 4.74 Å². The Kier molecular flexibility index (Phi) is 4.88. The minimum Gasteiger partial charge on any atom is -0.486 e. The molecule has 0 aliphatic rings. The number of aromatic nitrogens is 1. The Bertz CT molecular complexity index is 861. The molecule has 0 bridgehead atoms. The highest BCUT2D eigenvalue weighted by molar-refractivity contribution is 7.18. The van der Waals surface area contributed by atoms with E-state index in [9.17, 15) is 10.1 Å². The van der Waals surface area contributed by atoms with Crippen LogP contribution in [0.3, 0.4) is 0 Å². The molecule has 0 spiro atoms. The highest BCUT2D eigenvalue weighted by Gasteiger charge is 2.24. The number of ketones is 1. The van der Waals surface area contributed by atoms with Crippen LogP contribution in [-0.2, 0) is 11.2 Å². The number of nitriles is 1. The van der Waals surface area contributed by atoms with Gasteiger partial charge in [-0.25, -0.2) is 4.98 Å². The quantitative estimate of drug-likeness (QED) is 0.679. The van der Waals surface area contributed by atoms with Gasteiger partial charge in [-0.2, -0.15) is 5.26 Å². The minimum atomic E-state index is -0.891. The SMILES string of the molecule is CCc1ccc(OCC(=O)[C@H](C#N)c2nc3ccccc3s2)cc1. The Balaban J connectivity index is 1.70. The molecule has 5 heteroatoms. The standard InChI is InChI=1S/C19H16N2O2S/c1-2-13-7-9-14(10-8-13)23-12-17(22)15(11-20)19-21-16-5-3-4-6-18(16)24-19/h3-10,15H,2,12H2,1H3/t15-/m0/s1. The maximum absolute atomic E-state index is 12.4. The summed E-state index contributed by atoms with van der Waals surface area (Å²) < 4.78 is 6.49. The number of carbonyl (C=O) groups excluding carboxylic acids is 1. The fourth-order valence-electron chi connectivity index (χ4n) is 2.34. The van der Waals surface area contributed by atoms with Crippen molar-refractivity contribution in [3.63, 3.8) is 0 Å². The maximum atomic E-state index is 12.4. The third kappa shape index (κ3) is 3.44. The van der Waals surface area contributed by atoms with Crippen LogP contribution in [-0.4, -0.2) is 17.4 Å². The van der Waals surface area contributed by atoms with E-state index in [0.717, 1.165) is 16.6 Å². The number of hydrogen-bond acceptors (Lipinski definition) is 5. The minimum absolute atomic E-state index is 0.139. The van der Waals surface area contributed by atoms with Crippen molar-refractivity contribution in [2.75, 3.05) is 6.61 Å². The second-order valence-corrected chi connectivity index (χ2v) is 6.40. The molecule has 0 amide bonds. The maximum Gasteiger partial charge on any atom is 0.194 e. The van der Waals surface area contributed by atoms with Gasteiger partial charge in [0.15, 0.2) is 11.7 Å². The molecule has 0 aliphatic carbocycles. The summed E-state index contributed by atoms with van der Waals surface area (Å²) in [4.78, 5) is 16.8. The normalized spacial score (nSPS) is 11.8. The van der Waals surface area contributed by atoms with E-state index in [1.54, 1.807) is 0 Å². The molecule has 3 rings (SSSR count). The van der Waals surface area contributed by atoms with Crippen molar-refractivity contribution in [3.05, 3.63) is 59.1 Å². The first-order valence-electron chi connectivity index (χ1n) is 7.70. The largest absolute Gasteiger partial charge is 0.486 e. The highest BCUT2D eigenvalue weighted by Crippen LogP contribution is 2.28. The predicted octanol–water partition coefficient (Wildman–Crippen LogP) is 4.11. The van der Waals surface area contributed by atoms with E-state index in [1.165, 1.54) is 16.9 Å². The summed E-state index contributed by atoms with van der Waals surface area (Å²) in [7, 11) is 0. The Morgan fingerprint density at radius 3 is 2.67 bits per heavy atom. The zero-order chi connectivity index (χ0) is 16.9. The van der Waals surface area contributed by atoms with Gasteiger partial charge in [-0.3, -0.25) is 4.79 Å². The Hall–Kier alpha value is -2.71. The summed E-state index contributed by atoms with van der Waals surface area (Å²) >= 11 is 1.37. The number of rotatable bonds is 6. The van der Waals surface area contributed by atoms with Crippen LogP contribution in [0.2, 0.25) is 0 Å². The van der Waals surface area contributed by atoms with Crippen LogP contribution in [0.1, 0.15) is 23.4 Å². The van der Waals surface area contributed by atoms with Crippen LogP contribution >= 0.6 is 11.3 Å². The Morgan fingerprint density at radius 2 is 2.00 bits per heavy atom. The number of para-hydroxylation sites is 1. The monoisotopic (exact) mass is 336 g/mol. The molecule has 0 saturated carbocycles. The predicted molar refractivity (Wildman–Crippen MR) is 94.3 cm³/mol. The number of Topliss-reactive ketones (excluding diaryl/α,β-unsaturated/α-hetero) is 1. The van der Waals surface area contributed by atoms with Gasteiger partial charge in [0.05, 0.1) is 16.3 Å². The van der Waals surface area contributed by atoms with Crippen LogP contribution in [0.25, 0.3) is 10.2 Å². The number of carbonyl (C=O) groups is 1. The van der Waals surface area contributed by atoms with E-state index >= 15 is 0 Å². The molecule has 120 valence electrons. The number of ether oxygens (including phenoxy) is 1. The van der Waals surface area contributed by atoms with Gasteiger partial charge in [-0.1, -0.05) is 31.2 Å². The van der Waals surface area contributed by atoms with Gasteiger partial charge >= 0.3 is 0 Å². The molecule has 0 fully saturated rings. The van der Waals surface area contributed by atoms with Crippen molar-refractivity contribution in [2.45, 2.75) is 19.3 Å². The van der Waals surface area contributed by atoms with Gasteiger partial charge in [-0.15, -0.1) is 11.3 Å². The van der Waals surface area contributed by atoms with Crippen molar-refractivity contribution >= 4 is 27.3 Å². The van der Waals surface area contributed by atoms with E-state index in [-0.39, 0.29) is 12.4 Å².